The van der Waals surface area contributed by atoms with Gasteiger partial charge in [-0.15, -0.1) is 16.7 Å². The third kappa shape index (κ3) is 4.60. The molecule has 0 spiro atoms. The van der Waals surface area contributed by atoms with Gasteiger partial charge in [-0.3, -0.25) is 4.79 Å². The molecule has 0 aliphatic carbocycles. The Bertz CT molecular complexity index is 356. The molecular formula is C11H18ClN3OS. The standard InChI is InChI=1S/C11H18ClN3OS/c1-3-5-9-10(17-15-14-9)11(16)13-8(2)6-4-7-12/h8H,3-7H2,1-2H3,(H,13,16). The zero-order valence-corrected chi connectivity index (χ0v) is 11.8. The van der Waals surface area contributed by atoms with E-state index in [1.54, 1.807) is 0 Å². The predicted octanol–water partition coefficient (Wildman–Crippen LogP) is 2.63. The smallest absolute Gasteiger partial charge is 0.265 e. The van der Waals surface area contributed by atoms with Crippen LogP contribution in [0.4, 0.5) is 0 Å². The quantitative estimate of drug-likeness (QED) is 0.779. The Morgan fingerprint density at radius 3 is 3.00 bits per heavy atom. The largest absolute Gasteiger partial charge is 0.349 e. The highest BCUT2D eigenvalue weighted by atomic mass is 35.5. The molecule has 1 aromatic rings. The Hall–Kier alpha value is -0.680. The number of carbonyl (C=O) groups is 1. The molecule has 1 atom stereocenters. The lowest BCUT2D eigenvalue weighted by atomic mass is 10.2. The SMILES string of the molecule is CCCc1nnsc1C(=O)NC(C)CCCCl. The number of nitrogens with zero attached hydrogens (tertiary/aromatic N) is 2. The molecule has 0 fully saturated rings. The van der Waals surface area contributed by atoms with E-state index >= 15 is 0 Å². The second-order valence-electron chi connectivity index (χ2n) is 4.00. The molecule has 1 aromatic heterocycles. The molecule has 0 aromatic carbocycles. The summed E-state index contributed by atoms with van der Waals surface area (Å²) in [7, 11) is 0. The summed E-state index contributed by atoms with van der Waals surface area (Å²) in [6.45, 7) is 4.04. The average molecular weight is 276 g/mol. The highest BCUT2D eigenvalue weighted by Crippen LogP contribution is 2.13. The molecule has 0 radical (unpaired) electrons. The van der Waals surface area contributed by atoms with Gasteiger partial charge in [-0.05, 0) is 37.7 Å². The molecule has 0 saturated carbocycles. The predicted molar refractivity (Wildman–Crippen MR) is 70.8 cm³/mol. The van der Waals surface area contributed by atoms with Crippen molar-refractivity contribution in [2.24, 2.45) is 0 Å². The highest BCUT2D eigenvalue weighted by Gasteiger charge is 2.17. The summed E-state index contributed by atoms with van der Waals surface area (Å²) in [5.74, 6) is 0.564. The van der Waals surface area contributed by atoms with Crippen molar-refractivity contribution < 1.29 is 4.79 Å². The van der Waals surface area contributed by atoms with Crippen LogP contribution >= 0.6 is 23.1 Å². The molecule has 1 unspecified atom stereocenters. The van der Waals surface area contributed by atoms with Gasteiger partial charge in [0, 0.05) is 11.9 Å². The van der Waals surface area contributed by atoms with Crippen molar-refractivity contribution in [1.29, 1.82) is 0 Å². The number of rotatable bonds is 7. The fourth-order valence-electron chi connectivity index (χ4n) is 1.53. The van der Waals surface area contributed by atoms with Crippen LogP contribution in [0.2, 0.25) is 0 Å². The van der Waals surface area contributed by atoms with Crippen LogP contribution in [0.3, 0.4) is 0 Å². The number of hydrogen-bond acceptors (Lipinski definition) is 4. The zero-order chi connectivity index (χ0) is 12.7. The molecular weight excluding hydrogens is 258 g/mol. The number of aryl methyl sites for hydroxylation is 1. The number of aromatic nitrogens is 2. The number of nitrogens with one attached hydrogen (secondary N) is 1. The van der Waals surface area contributed by atoms with Gasteiger partial charge in [-0.25, -0.2) is 0 Å². The average Bonchev–Trinajstić information content (AvgIpc) is 2.75. The first kappa shape index (κ1) is 14.4. The Morgan fingerprint density at radius 2 is 2.35 bits per heavy atom. The monoisotopic (exact) mass is 275 g/mol. The number of alkyl halides is 1. The first-order valence-electron chi connectivity index (χ1n) is 5.87. The molecule has 0 aliphatic rings. The van der Waals surface area contributed by atoms with Crippen molar-refractivity contribution in [3.05, 3.63) is 10.6 Å². The number of halogens is 1. The van der Waals surface area contributed by atoms with Crippen molar-refractivity contribution >= 4 is 29.0 Å². The lowest BCUT2D eigenvalue weighted by Gasteiger charge is -2.12. The van der Waals surface area contributed by atoms with E-state index in [1.165, 1.54) is 0 Å². The number of hydrogen-bond donors (Lipinski definition) is 1. The molecule has 0 aliphatic heterocycles. The van der Waals surface area contributed by atoms with Gasteiger partial charge in [0.05, 0.1) is 5.69 Å². The van der Waals surface area contributed by atoms with Crippen LogP contribution in [0.25, 0.3) is 0 Å². The Kier molecular flexibility index (Phi) is 6.44. The molecule has 6 heteroatoms. The minimum atomic E-state index is -0.0643. The van der Waals surface area contributed by atoms with Crippen LogP contribution in [0, 0.1) is 0 Å². The van der Waals surface area contributed by atoms with Crippen molar-refractivity contribution in [3.63, 3.8) is 0 Å². The second kappa shape index (κ2) is 7.61. The maximum absolute atomic E-state index is 12.0. The zero-order valence-electron chi connectivity index (χ0n) is 10.2. The van der Waals surface area contributed by atoms with E-state index in [0.29, 0.717) is 10.8 Å². The van der Waals surface area contributed by atoms with Gasteiger partial charge in [0.2, 0.25) is 0 Å². The minimum Gasteiger partial charge on any atom is -0.349 e. The molecule has 17 heavy (non-hydrogen) atoms. The van der Waals surface area contributed by atoms with Gasteiger partial charge in [-0.2, -0.15) is 0 Å². The fraction of sp³-hybridized carbons (Fsp3) is 0.727. The van der Waals surface area contributed by atoms with Crippen LogP contribution in [0.5, 0.6) is 0 Å². The summed E-state index contributed by atoms with van der Waals surface area (Å²) in [4.78, 5) is 12.6. The molecule has 1 amide bonds. The normalized spacial score (nSPS) is 12.4. The second-order valence-corrected chi connectivity index (χ2v) is 5.14. The van der Waals surface area contributed by atoms with E-state index in [0.717, 1.165) is 42.9 Å². The van der Waals surface area contributed by atoms with E-state index < -0.39 is 0 Å². The Morgan fingerprint density at radius 1 is 1.59 bits per heavy atom. The van der Waals surface area contributed by atoms with Crippen molar-refractivity contribution in [2.45, 2.75) is 45.6 Å². The van der Waals surface area contributed by atoms with E-state index in [-0.39, 0.29) is 11.9 Å². The van der Waals surface area contributed by atoms with Crippen LogP contribution in [0.15, 0.2) is 0 Å². The lowest BCUT2D eigenvalue weighted by Crippen LogP contribution is -2.32. The van der Waals surface area contributed by atoms with E-state index in [1.807, 2.05) is 6.92 Å². The van der Waals surface area contributed by atoms with Crippen LogP contribution < -0.4 is 5.32 Å². The molecule has 96 valence electrons. The third-order valence-corrected chi connectivity index (χ3v) is 3.43. The van der Waals surface area contributed by atoms with Gasteiger partial charge in [-0.1, -0.05) is 17.8 Å². The molecule has 1 heterocycles. The molecule has 1 N–H and O–H groups in total. The molecule has 0 saturated heterocycles. The summed E-state index contributed by atoms with van der Waals surface area (Å²) in [6, 6.07) is 0.137. The van der Waals surface area contributed by atoms with Gasteiger partial charge in [0.1, 0.15) is 4.88 Å². The van der Waals surface area contributed by atoms with Crippen LogP contribution in [-0.4, -0.2) is 27.4 Å². The minimum absolute atomic E-state index is 0.0643. The van der Waals surface area contributed by atoms with E-state index in [4.69, 9.17) is 11.6 Å². The maximum atomic E-state index is 12.0. The van der Waals surface area contributed by atoms with Gasteiger partial charge < -0.3 is 5.32 Å². The summed E-state index contributed by atoms with van der Waals surface area (Å²) in [5.41, 5.74) is 0.805. The fourth-order valence-corrected chi connectivity index (χ4v) is 2.29. The van der Waals surface area contributed by atoms with Gasteiger partial charge in [0.25, 0.3) is 5.91 Å². The van der Waals surface area contributed by atoms with Gasteiger partial charge >= 0.3 is 0 Å². The topological polar surface area (TPSA) is 54.9 Å². The Labute approximate surface area is 111 Å². The summed E-state index contributed by atoms with van der Waals surface area (Å²) in [5, 5.41) is 6.93. The van der Waals surface area contributed by atoms with Crippen molar-refractivity contribution in [2.75, 3.05) is 5.88 Å². The van der Waals surface area contributed by atoms with E-state index in [2.05, 4.69) is 21.8 Å². The highest BCUT2D eigenvalue weighted by molar-refractivity contribution is 7.08. The summed E-state index contributed by atoms with van der Waals surface area (Å²) in [6.07, 6.45) is 3.57. The van der Waals surface area contributed by atoms with Crippen LogP contribution in [0.1, 0.15) is 48.5 Å². The molecule has 4 nitrogen and oxygen atoms in total. The van der Waals surface area contributed by atoms with Crippen LogP contribution in [-0.2, 0) is 6.42 Å². The lowest BCUT2D eigenvalue weighted by molar-refractivity contribution is 0.0941. The van der Waals surface area contributed by atoms with Crippen molar-refractivity contribution in [3.8, 4) is 0 Å². The summed E-state index contributed by atoms with van der Waals surface area (Å²) >= 11 is 6.78. The first-order chi connectivity index (χ1) is 8.19. The number of amides is 1. The summed E-state index contributed by atoms with van der Waals surface area (Å²) < 4.78 is 3.84. The number of carbonyl (C=O) groups excluding carboxylic acids is 1. The van der Waals surface area contributed by atoms with Crippen molar-refractivity contribution in [1.82, 2.24) is 14.9 Å². The van der Waals surface area contributed by atoms with E-state index in [9.17, 15) is 4.79 Å². The van der Waals surface area contributed by atoms with Gasteiger partial charge in [0.15, 0.2) is 0 Å². The Balaban J connectivity index is 2.53. The molecule has 1 rings (SSSR count). The first-order valence-corrected chi connectivity index (χ1v) is 7.17. The maximum Gasteiger partial charge on any atom is 0.265 e. The molecule has 0 bridgehead atoms. The third-order valence-electron chi connectivity index (χ3n) is 2.40.